The van der Waals surface area contributed by atoms with Crippen molar-refractivity contribution in [3.8, 4) is 0 Å². The summed E-state index contributed by atoms with van der Waals surface area (Å²) in [4.78, 5) is 0. The highest BCUT2D eigenvalue weighted by Crippen LogP contribution is 2.35. The second-order valence-electron chi connectivity index (χ2n) is 5.37. The van der Waals surface area contributed by atoms with Gasteiger partial charge in [0.2, 0.25) is 0 Å². The second-order valence-corrected chi connectivity index (χ2v) is 5.78. The van der Waals surface area contributed by atoms with Crippen molar-refractivity contribution in [1.29, 1.82) is 0 Å². The van der Waals surface area contributed by atoms with E-state index in [4.69, 9.17) is 11.6 Å². The summed E-state index contributed by atoms with van der Waals surface area (Å²) in [5.74, 6) is 0. The molecule has 0 unspecified atom stereocenters. The second kappa shape index (κ2) is 4.88. The smallest absolute Gasteiger partial charge is 0.0834 e. The molecule has 1 heterocycles. The van der Waals surface area contributed by atoms with Crippen LogP contribution in [0.4, 0.5) is 0 Å². The highest BCUT2D eigenvalue weighted by atomic mass is 35.5. The van der Waals surface area contributed by atoms with Gasteiger partial charge in [0, 0.05) is 10.6 Å². The maximum atomic E-state index is 6.29. The van der Waals surface area contributed by atoms with E-state index in [2.05, 4.69) is 36.2 Å². The molecule has 3 heteroatoms. The number of benzene rings is 2. The lowest BCUT2D eigenvalue weighted by Crippen LogP contribution is -2.31. The van der Waals surface area contributed by atoms with E-state index in [9.17, 15) is 0 Å². The first-order valence-corrected chi connectivity index (χ1v) is 6.95. The Bertz CT molecular complexity index is 700. The largest absolute Gasteiger partial charge is 0.154 e. The Balaban J connectivity index is 2.02. The van der Waals surface area contributed by atoms with Crippen LogP contribution in [0.1, 0.15) is 25.0 Å². The van der Waals surface area contributed by atoms with Crippen molar-refractivity contribution in [2.75, 3.05) is 0 Å². The molecule has 2 aromatic carbocycles. The molecule has 0 amide bonds. The number of hydrogen-bond acceptors (Lipinski definition) is 2. The third kappa shape index (κ3) is 2.06. The molecule has 100 valence electrons. The first kappa shape index (κ1) is 13.1. The van der Waals surface area contributed by atoms with E-state index >= 15 is 0 Å². The van der Waals surface area contributed by atoms with Crippen LogP contribution in [0.2, 0.25) is 5.02 Å². The van der Waals surface area contributed by atoms with Crippen molar-refractivity contribution in [3.63, 3.8) is 0 Å². The van der Waals surface area contributed by atoms with Crippen molar-refractivity contribution in [2.24, 2.45) is 15.6 Å². The SMILES string of the molecule is CC1(C)C(c2ccccc2)=NN=C1c1ccccc1Cl. The maximum Gasteiger partial charge on any atom is 0.0834 e. The van der Waals surface area contributed by atoms with Gasteiger partial charge in [-0.2, -0.15) is 10.2 Å². The molecule has 0 fully saturated rings. The Kier molecular flexibility index (Phi) is 3.19. The van der Waals surface area contributed by atoms with Gasteiger partial charge in [0.05, 0.1) is 16.8 Å². The van der Waals surface area contributed by atoms with Crippen molar-refractivity contribution < 1.29 is 0 Å². The molecule has 0 aliphatic carbocycles. The summed E-state index contributed by atoms with van der Waals surface area (Å²) in [7, 11) is 0. The van der Waals surface area contributed by atoms with Gasteiger partial charge in [-0.15, -0.1) is 0 Å². The van der Waals surface area contributed by atoms with Gasteiger partial charge in [-0.3, -0.25) is 0 Å². The van der Waals surface area contributed by atoms with Gasteiger partial charge in [0.1, 0.15) is 0 Å². The summed E-state index contributed by atoms with van der Waals surface area (Å²) >= 11 is 6.29. The van der Waals surface area contributed by atoms with E-state index in [1.165, 1.54) is 0 Å². The lowest BCUT2D eigenvalue weighted by Gasteiger charge is -2.23. The molecule has 0 atom stereocenters. The van der Waals surface area contributed by atoms with E-state index in [0.717, 1.165) is 22.6 Å². The summed E-state index contributed by atoms with van der Waals surface area (Å²) in [5, 5.41) is 9.51. The van der Waals surface area contributed by atoms with Crippen LogP contribution in [0.25, 0.3) is 0 Å². The van der Waals surface area contributed by atoms with Crippen LogP contribution < -0.4 is 0 Å². The molecule has 0 radical (unpaired) electrons. The zero-order valence-electron chi connectivity index (χ0n) is 11.5. The average Bonchev–Trinajstić information content (AvgIpc) is 2.76. The van der Waals surface area contributed by atoms with E-state index in [1.54, 1.807) is 0 Å². The van der Waals surface area contributed by atoms with E-state index < -0.39 is 0 Å². The fourth-order valence-electron chi connectivity index (χ4n) is 2.52. The molecule has 0 aromatic heterocycles. The van der Waals surface area contributed by atoms with Gasteiger partial charge < -0.3 is 0 Å². The molecule has 0 N–H and O–H groups in total. The van der Waals surface area contributed by atoms with Gasteiger partial charge in [-0.25, -0.2) is 0 Å². The molecule has 2 aromatic rings. The van der Waals surface area contributed by atoms with E-state index in [0.29, 0.717) is 5.02 Å². The van der Waals surface area contributed by atoms with Crippen LogP contribution in [0, 0.1) is 5.41 Å². The molecule has 20 heavy (non-hydrogen) atoms. The highest BCUT2D eigenvalue weighted by Gasteiger charge is 2.37. The summed E-state index contributed by atoms with van der Waals surface area (Å²) in [6.07, 6.45) is 0. The highest BCUT2D eigenvalue weighted by molar-refractivity contribution is 6.36. The van der Waals surface area contributed by atoms with Crippen LogP contribution >= 0.6 is 11.6 Å². The monoisotopic (exact) mass is 282 g/mol. The Morgan fingerprint density at radius 1 is 0.800 bits per heavy atom. The molecule has 0 saturated carbocycles. The van der Waals surface area contributed by atoms with Gasteiger partial charge in [0.25, 0.3) is 0 Å². The van der Waals surface area contributed by atoms with Gasteiger partial charge in [-0.1, -0.05) is 60.1 Å². The predicted octanol–water partition coefficient (Wildman–Crippen LogP) is 4.57. The van der Waals surface area contributed by atoms with Crippen LogP contribution in [-0.4, -0.2) is 11.4 Å². The van der Waals surface area contributed by atoms with Crippen LogP contribution in [-0.2, 0) is 0 Å². The van der Waals surface area contributed by atoms with Crippen molar-refractivity contribution in [1.82, 2.24) is 0 Å². The molecule has 3 rings (SSSR count). The summed E-state index contributed by atoms with van der Waals surface area (Å²) < 4.78 is 0. The van der Waals surface area contributed by atoms with Crippen molar-refractivity contribution in [2.45, 2.75) is 13.8 Å². The lowest BCUT2D eigenvalue weighted by atomic mass is 9.77. The Hall–Kier alpha value is -1.93. The molecule has 2 nitrogen and oxygen atoms in total. The number of nitrogens with zero attached hydrogens (tertiary/aromatic N) is 2. The molecular weight excluding hydrogens is 268 g/mol. The average molecular weight is 283 g/mol. The van der Waals surface area contributed by atoms with Gasteiger partial charge in [0.15, 0.2) is 0 Å². The van der Waals surface area contributed by atoms with Crippen LogP contribution in [0.5, 0.6) is 0 Å². The summed E-state index contributed by atoms with van der Waals surface area (Å²) in [6.45, 7) is 4.27. The Morgan fingerprint density at radius 3 is 2.10 bits per heavy atom. The fourth-order valence-corrected chi connectivity index (χ4v) is 2.75. The number of hydrogen-bond donors (Lipinski definition) is 0. The van der Waals surface area contributed by atoms with Crippen molar-refractivity contribution in [3.05, 3.63) is 70.7 Å². The Labute approximate surface area is 123 Å². The first-order valence-electron chi connectivity index (χ1n) is 6.57. The van der Waals surface area contributed by atoms with Crippen LogP contribution in [0.15, 0.2) is 64.8 Å². The number of rotatable bonds is 2. The molecule has 1 aliphatic heterocycles. The summed E-state index contributed by atoms with van der Waals surface area (Å²) in [5.41, 5.74) is 3.69. The summed E-state index contributed by atoms with van der Waals surface area (Å²) in [6, 6.07) is 17.9. The minimum absolute atomic E-state index is 0.258. The Morgan fingerprint density at radius 2 is 1.40 bits per heavy atom. The maximum absolute atomic E-state index is 6.29. The first-order chi connectivity index (χ1) is 9.60. The van der Waals surface area contributed by atoms with Crippen molar-refractivity contribution >= 4 is 23.0 Å². The minimum atomic E-state index is -0.258. The van der Waals surface area contributed by atoms with E-state index in [-0.39, 0.29) is 5.41 Å². The zero-order chi connectivity index (χ0) is 14.2. The van der Waals surface area contributed by atoms with Gasteiger partial charge in [-0.05, 0) is 25.5 Å². The third-order valence-electron chi connectivity index (χ3n) is 3.61. The number of halogens is 1. The predicted molar refractivity (Wildman–Crippen MR) is 84.7 cm³/mol. The quantitative estimate of drug-likeness (QED) is 0.771. The standard InChI is InChI=1S/C17H15ClN2/c1-17(2)15(12-8-4-3-5-9-12)19-20-16(17)13-10-6-7-11-14(13)18/h3-11H,1-2H3. The topological polar surface area (TPSA) is 24.7 Å². The lowest BCUT2D eigenvalue weighted by molar-refractivity contribution is 0.745. The van der Waals surface area contributed by atoms with Crippen LogP contribution in [0.3, 0.4) is 0 Å². The molecular formula is C17H15ClN2. The minimum Gasteiger partial charge on any atom is -0.154 e. The molecule has 0 spiro atoms. The molecule has 1 aliphatic rings. The zero-order valence-corrected chi connectivity index (χ0v) is 12.2. The third-order valence-corrected chi connectivity index (χ3v) is 3.94. The fraction of sp³-hybridized carbons (Fsp3) is 0.176. The molecule has 0 bridgehead atoms. The van der Waals surface area contributed by atoms with Gasteiger partial charge >= 0.3 is 0 Å². The normalized spacial score (nSPS) is 16.8. The molecule has 0 saturated heterocycles. The van der Waals surface area contributed by atoms with E-state index in [1.807, 2.05) is 42.5 Å².